The molecule has 1 aromatic carbocycles. The number of amides is 1. The number of sulfonamides is 1. The zero-order valence-electron chi connectivity index (χ0n) is 12.7. The molecule has 2 N–H and O–H groups in total. The monoisotopic (exact) mass is 335 g/mol. The lowest BCUT2D eigenvalue weighted by Crippen LogP contribution is -2.25. The number of nitrogens with zero attached hydrogens (tertiary/aromatic N) is 1. The van der Waals surface area contributed by atoms with Gasteiger partial charge in [-0.2, -0.15) is 0 Å². The minimum atomic E-state index is -3.47. The number of rotatable bonds is 5. The molecule has 0 saturated carbocycles. The SMILES string of the molecule is CNS(=O)(=O)c1ccc(CNC(=O)c2ccn(C)c(=O)c2)cc1. The van der Waals surface area contributed by atoms with Crippen LogP contribution in [0, 0.1) is 0 Å². The molecule has 0 saturated heterocycles. The first kappa shape index (κ1) is 16.9. The van der Waals surface area contributed by atoms with Gasteiger partial charge in [-0.3, -0.25) is 9.59 Å². The summed E-state index contributed by atoms with van der Waals surface area (Å²) in [6.07, 6.45) is 1.52. The fourth-order valence-electron chi connectivity index (χ4n) is 1.88. The molecule has 0 spiro atoms. The number of nitrogens with one attached hydrogen (secondary N) is 2. The predicted octanol–water partition coefficient (Wildman–Crippen LogP) is 0.223. The number of hydrogen-bond acceptors (Lipinski definition) is 4. The van der Waals surface area contributed by atoms with Gasteiger partial charge in [-0.25, -0.2) is 13.1 Å². The second kappa shape index (κ2) is 6.76. The van der Waals surface area contributed by atoms with Crippen LogP contribution in [-0.4, -0.2) is 25.9 Å². The van der Waals surface area contributed by atoms with E-state index in [-0.39, 0.29) is 28.5 Å². The van der Waals surface area contributed by atoms with Gasteiger partial charge in [0.2, 0.25) is 10.0 Å². The predicted molar refractivity (Wildman–Crippen MR) is 85.5 cm³/mol. The van der Waals surface area contributed by atoms with Crippen molar-refractivity contribution < 1.29 is 13.2 Å². The molecule has 8 heteroatoms. The molecule has 0 unspecified atom stereocenters. The number of carbonyl (C=O) groups excluding carboxylic acids is 1. The number of aromatic nitrogens is 1. The van der Waals surface area contributed by atoms with Crippen LogP contribution in [0.2, 0.25) is 0 Å². The van der Waals surface area contributed by atoms with E-state index < -0.39 is 10.0 Å². The van der Waals surface area contributed by atoms with Crippen LogP contribution in [0.15, 0.2) is 52.3 Å². The number of benzene rings is 1. The zero-order chi connectivity index (χ0) is 17.0. The second-order valence-corrected chi connectivity index (χ2v) is 6.79. The molecule has 7 nitrogen and oxygen atoms in total. The molecule has 2 rings (SSSR count). The quantitative estimate of drug-likeness (QED) is 0.817. The van der Waals surface area contributed by atoms with Crippen molar-refractivity contribution in [2.24, 2.45) is 7.05 Å². The van der Waals surface area contributed by atoms with E-state index >= 15 is 0 Å². The Labute approximate surface area is 134 Å². The van der Waals surface area contributed by atoms with Crippen molar-refractivity contribution in [2.75, 3.05) is 7.05 Å². The molecule has 1 heterocycles. The normalized spacial score (nSPS) is 11.2. The van der Waals surface area contributed by atoms with Crippen LogP contribution in [0.1, 0.15) is 15.9 Å². The lowest BCUT2D eigenvalue weighted by Gasteiger charge is -2.07. The Balaban J connectivity index is 2.04. The highest BCUT2D eigenvalue weighted by atomic mass is 32.2. The first-order valence-electron chi connectivity index (χ1n) is 6.81. The van der Waals surface area contributed by atoms with Crippen LogP contribution in [0.5, 0.6) is 0 Å². The highest BCUT2D eigenvalue weighted by molar-refractivity contribution is 7.89. The summed E-state index contributed by atoms with van der Waals surface area (Å²) in [5.74, 6) is -0.366. The fourth-order valence-corrected chi connectivity index (χ4v) is 2.61. The van der Waals surface area contributed by atoms with Crippen molar-refractivity contribution in [3.05, 3.63) is 64.1 Å². The minimum absolute atomic E-state index is 0.154. The number of hydrogen-bond donors (Lipinski definition) is 2. The lowest BCUT2D eigenvalue weighted by molar-refractivity contribution is 0.0950. The molecule has 122 valence electrons. The first-order chi connectivity index (χ1) is 10.8. The Kier molecular flexibility index (Phi) is 4.97. The molecule has 0 aliphatic heterocycles. The first-order valence-corrected chi connectivity index (χ1v) is 8.29. The minimum Gasteiger partial charge on any atom is -0.348 e. The third kappa shape index (κ3) is 4.05. The summed E-state index contributed by atoms with van der Waals surface area (Å²) in [7, 11) is -0.530. The van der Waals surface area contributed by atoms with Gasteiger partial charge in [-0.1, -0.05) is 12.1 Å². The van der Waals surface area contributed by atoms with E-state index in [1.165, 1.54) is 36.0 Å². The van der Waals surface area contributed by atoms with Crippen LogP contribution < -0.4 is 15.6 Å². The molecule has 0 radical (unpaired) electrons. The third-order valence-electron chi connectivity index (χ3n) is 3.32. The van der Waals surface area contributed by atoms with Crippen LogP contribution in [0.4, 0.5) is 0 Å². The smallest absolute Gasteiger partial charge is 0.251 e. The summed E-state index contributed by atoms with van der Waals surface area (Å²) >= 11 is 0. The fraction of sp³-hybridized carbons (Fsp3) is 0.200. The summed E-state index contributed by atoms with van der Waals surface area (Å²) in [5, 5.41) is 2.68. The Morgan fingerprint density at radius 1 is 1.17 bits per heavy atom. The summed E-state index contributed by atoms with van der Waals surface area (Å²) < 4.78 is 26.8. The Hall–Kier alpha value is -2.45. The number of pyridine rings is 1. The Morgan fingerprint density at radius 2 is 1.83 bits per heavy atom. The average Bonchev–Trinajstić information content (AvgIpc) is 2.55. The van der Waals surface area contributed by atoms with Crippen LogP contribution in [0.3, 0.4) is 0 Å². The molecule has 1 aromatic heterocycles. The maximum Gasteiger partial charge on any atom is 0.251 e. The molecule has 1 amide bonds. The summed E-state index contributed by atoms with van der Waals surface area (Å²) in [4.78, 5) is 23.6. The van der Waals surface area contributed by atoms with Gasteiger partial charge in [-0.15, -0.1) is 0 Å². The van der Waals surface area contributed by atoms with Gasteiger partial charge in [0.25, 0.3) is 11.5 Å². The standard InChI is InChI=1S/C15H17N3O4S/c1-16-23(21,22)13-5-3-11(4-6-13)10-17-15(20)12-7-8-18(2)14(19)9-12/h3-9,16H,10H2,1-2H3,(H,17,20). The van der Waals surface area contributed by atoms with Crippen molar-refractivity contribution >= 4 is 15.9 Å². The maximum absolute atomic E-state index is 12.0. The Bertz CT molecular complexity index is 870. The van der Waals surface area contributed by atoms with Crippen molar-refractivity contribution in [2.45, 2.75) is 11.4 Å². The molecule has 0 atom stereocenters. The van der Waals surface area contributed by atoms with Crippen LogP contribution in [0.25, 0.3) is 0 Å². The van der Waals surface area contributed by atoms with Crippen molar-refractivity contribution in [1.82, 2.24) is 14.6 Å². The second-order valence-electron chi connectivity index (χ2n) is 4.90. The van der Waals surface area contributed by atoms with Gasteiger partial charge in [0, 0.05) is 31.4 Å². The molecule has 0 bridgehead atoms. The number of aryl methyl sites for hydroxylation is 1. The zero-order valence-corrected chi connectivity index (χ0v) is 13.6. The highest BCUT2D eigenvalue weighted by Crippen LogP contribution is 2.10. The van der Waals surface area contributed by atoms with Gasteiger partial charge in [-0.05, 0) is 30.8 Å². The van der Waals surface area contributed by atoms with Gasteiger partial charge >= 0.3 is 0 Å². The summed E-state index contributed by atoms with van der Waals surface area (Å²) in [5.41, 5.74) is 0.763. The van der Waals surface area contributed by atoms with Gasteiger partial charge < -0.3 is 9.88 Å². The van der Waals surface area contributed by atoms with Crippen LogP contribution in [-0.2, 0) is 23.6 Å². The summed E-state index contributed by atoms with van der Waals surface area (Å²) in [6.45, 7) is 0.230. The van der Waals surface area contributed by atoms with E-state index in [0.717, 1.165) is 5.56 Å². The van der Waals surface area contributed by atoms with Gasteiger partial charge in [0.1, 0.15) is 0 Å². The average molecular weight is 335 g/mol. The van der Waals surface area contributed by atoms with Crippen LogP contribution >= 0.6 is 0 Å². The molecule has 2 aromatic rings. The molecular weight excluding hydrogens is 318 g/mol. The molecular formula is C15H17N3O4S. The number of carbonyl (C=O) groups is 1. The molecule has 23 heavy (non-hydrogen) atoms. The van der Waals surface area contributed by atoms with Crippen molar-refractivity contribution in [3.8, 4) is 0 Å². The molecule has 0 aliphatic rings. The maximum atomic E-state index is 12.0. The van der Waals surface area contributed by atoms with E-state index in [4.69, 9.17) is 0 Å². The third-order valence-corrected chi connectivity index (χ3v) is 4.75. The molecule has 0 fully saturated rings. The van der Waals surface area contributed by atoms with E-state index in [9.17, 15) is 18.0 Å². The lowest BCUT2D eigenvalue weighted by atomic mass is 10.2. The van der Waals surface area contributed by atoms with E-state index in [2.05, 4.69) is 10.0 Å². The van der Waals surface area contributed by atoms with Gasteiger partial charge in [0.05, 0.1) is 4.90 Å². The largest absolute Gasteiger partial charge is 0.348 e. The van der Waals surface area contributed by atoms with E-state index in [0.29, 0.717) is 0 Å². The molecule has 0 aliphatic carbocycles. The van der Waals surface area contributed by atoms with Gasteiger partial charge in [0.15, 0.2) is 0 Å². The van der Waals surface area contributed by atoms with E-state index in [1.54, 1.807) is 25.2 Å². The summed E-state index contributed by atoms with van der Waals surface area (Å²) in [6, 6.07) is 8.98. The Morgan fingerprint density at radius 3 is 2.39 bits per heavy atom. The van der Waals surface area contributed by atoms with E-state index in [1.807, 2.05) is 0 Å². The highest BCUT2D eigenvalue weighted by Gasteiger charge is 2.11. The topological polar surface area (TPSA) is 97.3 Å². The van der Waals surface area contributed by atoms with Crippen molar-refractivity contribution in [3.63, 3.8) is 0 Å². The van der Waals surface area contributed by atoms with Crippen molar-refractivity contribution in [1.29, 1.82) is 0 Å².